The number of aromatic nitrogens is 2. The number of nitrogens with zero attached hydrogens (tertiary/aromatic N) is 4. The molecule has 4 nitrogen and oxygen atoms in total. The van der Waals surface area contributed by atoms with Gasteiger partial charge in [0.2, 0.25) is 5.82 Å². The molecule has 0 aliphatic carbocycles. The van der Waals surface area contributed by atoms with E-state index in [4.69, 9.17) is 5.26 Å². The Hall–Kier alpha value is -2.41. The maximum Gasteiger partial charge on any atom is 0.234 e. The first-order chi connectivity index (χ1) is 7.81. The minimum Gasteiger partial charge on any atom is -0.329 e. The Balaban J connectivity index is 2.35. The lowest BCUT2D eigenvalue weighted by molar-refractivity contribution is 1.05. The van der Waals surface area contributed by atoms with E-state index in [0.29, 0.717) is 5.82 Å². The van der Waals surface area contributed by atoms with Crippen LogP contribution < -0.4 is 4.90 Å². The molecule has 16 heavy (non-hydrogen) atoms. The van der Waals surface area contributed by atoms with Crippen molar-refractivity contribution in [2.75, 3.05) is 11.9 Å². The van der Waals surface area contributed by atoms with Crippen LogP contribution in [-0.4, -0.2) is 17.0 Å². The SMILES string of the molecule is CN(c1ccccc1)c1ccnc(C#N)n1. The summed E-state index contributed by atoms with van der Waals surface area (Å²) in [4.78, 5) is 9.86. The van der Waals surface area contributed by atoms with E-state index in [-0.39, 0.29) is 5.82 Å². The normalized spacial score (nSPS) is 9.50. The van der Waals surface area contributed by atoms with Crippen LogP contribution in [0.1, 0.15) is 5.82 Å². The maximum atomic E-state index is 8.72. The van der Waals surface area contributed by atoms with Gasteiger partial charge in [0.15, 0.2) is 0 Å². The number of benzene rings is 1. The Kier molecular flexibility index (Phi) is 2.79. The highest BCUT2D eigenvalue weighted by Crippen LogP contribution is 2.20. The molecule has 2 aromatic rings. The zero-order valence-electron chi connectivity index (χ0n) is 8.83. The van der Waals surface area contributed by atoms with Gasteiger partial charge in [0.25, 0.3) is 0 Å². The first-order valence-electron chi connectivity index (χ1n) is 4.83. The van der Waals surface area contributed by atoms with Crippen molar-refractivity contribution in [1.29, 1.82) is 5.26 Å². The Bertz CT molecular complexity index is 516. The van der Waals surface area contributed by atoms with E-state index < -0.39 is 0 Å². The molecule has 1 aromatic heterocycles. The average molecular weight is 210 g/mol. The van der Waals surface area contributed by atoms with Gasteiger partial charge in [-0.05, 0) is 18.2 Å². The van der Waals surface area contributed by atoms with E-state index in [9.17, 15) is 0 Å². The smallest absolute Gasteiger partial charge is 0.234 e. The molecule has 0 spiro atoms. The Morgan fingerprint density at radius 1 is 1.19 bits per heavy atom. The number of rotatable bonds is 2. The number of para-hydroxylation sites is 1. The lowest BCUT2D eigenvalue weighted by Gasteiger charge is -2.17. The molecule has 0 bridgehead atoms. The maximum absolute atomic E-state index is 8.72. The van der Waals surface area contributed by atoms with Crippen LogP contribution in [0.3, 0.4) is 0 Å². The van der Waals surface area contributed by atoms with Gasteiger partial charge >= 0.3 is 0 Å². The summed E-state index contributed by atoms with van der Waals surface area (Å²) in [6, 6.07) is 13.5. The minimum atomic E-state index is 0.181. The fourth-order valence-electron chi connectivity index (χ4n) is 1.37. The van der Waals surface area contributed by atoms with Crippen LogP contribution in [0.4, 0.5) is 11.5 Å². The third-order valence-electron chi connectivity index (χ3n) is 2.23. The Labute approximate surface area is 93.8 Å². The molecule has 78 valence electrons. The first kappa shape index (κ1) is 10.1. The van der Waals surface area contributed by atoms with Crippen molar-refractivity contribution in [2.45, 2.75) is 0 Å². The molecule has 4 heteroatoms. The summed E-state index contributed by atoms with van der Waals surface area (Å²) in [6.07, 6.45) is 1.58. The zero-order valence-corrected chi connectivity index (χ0v) is 8.83. The van der Waals surface area contributed by atoms with E-state index in [1.807, 2.05) is 48.3 Å². The van der Waals surface area contributed by atoms with Gasteiger partial charge in [-0.1, -0.05) is 18.2 Å². The van der Waals surface area contributed by atoms with Gasteiger partial charge in [-0.25, -0.2) is 9.97 Å². The second-order valence-corrected chi connectivity index (χ2v) is 3.24. The lowest BCUT2D eigenvalue weighted by atomic mass is 10.3. The predicted octanol–water partition coefficient (Wildman–Crippen LogP) is 2.12. The van der Waals surface area contributed by atoms with Crippen LogP contribution in [0.25, 0.3) is 0 Å². The van der Waals surface area contributed by atoms with Crippen LogP contribution in [-0.2, 0) is 0 Å². The van der Waals surface area contributed by atoms with Gasteiger partial charge in [0, 0.05) is 18.9 Å². The van der Waals surface area contributed by atoms with E-state index in [1.165, 1.54) is 0 Å². The van der Waals surface area contributed by atoms with Crippen LogP contribution in [0, 0.1) is 11.3 Å². The van der Waals surface area contributed by atoms with Gasteiger partial charge in [-0.15, -0.1) is 0 Å². The molecular formula is C12H10N4. The highest BCUT2D eigenvalue weighted by atomic mass is 15.2. The topological polar surface area (TPSA) is 52.8 Å². The zero-order chi connectivity index (χ0) is 11.4. The van der Waals surface area contributed by atoms with E-state index >= 15 is 0 Å². The van der Waals surface area contributed by atoms with Crippen molar-refractivity contribution in [2.24, 2.45) is 0 Å². The van der Waals surface area contributed by atoms with Crippen LogP contribution >= 0.6 is 0 Å². The monoisotopic (exact) mass is 210 g/mol. The fraction of sp³-hybridized carbons (Fsp3) is 0.0833. The summed E-state index contributed by atoms with van der Waals surface area (Å²) in [6.45, 7) is 0. The first-order valence-corrected chi connectivity index (χ1v) is 4.83. The molecule has 0 saturated carbocycles. The van der Waals surface area contributed by atoms with Gasteiger partial charge in [0.1, 0.15) is 11.9 Å². The summed E-state index contributed by atoms with van der Waals surface area (Å²) >= 11 is 0. The summed E-state index contributed by atoms with van der Waals surface area (Å²) in [5, 5.41) is 8.72. The van der Waals surface area contributed by atoms with Gasteiger partial charge in [-0.3, -0.25) is 0 Å². The van der Waals surface area contributed by atoms with E-state index in [0.717, 1.165) is 5.69 Å². The van der Waals surface area contributed by atoms with Crippen molar-refractivity contribution >= 4 is 11.5 Å². The number of hydrogen-bond donors (Lipinski definition) is 0. The Morgan fingerprint density at radius 3 is 2.62 bits per heavy atom. The highest BCUT2D eigenvalue weighted by molar-refractivity contribution is 5.58. The van der Waals surface area contributed by atoms with Crippen LogP contribution in [0.5, 0.6) is 0 Å². The largest absolute Gasteiger partial charge is 0.329 e. The van der Waals surface area contributed by atoms with E-state index in [2.05, 4.69) is 9.97 Å². The molecule has 1 heterocycles. The molecule has 0 saturated heterocycles. The predicted molar refractivity (Wildman–Crippen MR) is 61.3 cm³/mol. The number of hydrogen-bond acceptors (Lipinski definition) is 4. The van der Waals surface area contributed by atoms with Crippen molar-refractivity contribution in [3.63, 3.8) is 0 Å². The minimum absolute atomic E-state index is 0.181. The lowest BCUT2D eigenvalue weighted by Crippen LogP contribution is -2.11. The van der Waals surface area contributed by atoms with Crippen molar-refractivity contribution in [3.8, 4) is 6.07 Å². The molecule has 0 aliphatic heterocycles. The second-order valence-electron chi connectivity index (χ2n) is 3.24. The summed E-state index contributed by atoms with van der Waals surface area (Å²) in [7, 11) is 1.90. The van der Waals surface area contributed by atoms with E-state index in [1.54, 1.807) is 12.3 Å². The molecule has 0 radical (unpaired) electrons. The molecule has 2 rings (SSSR count). The summed E-state index contributed by atoms with van der Waals surface area (Å²) in [5.74, 6) is 0.887. The summed E-state index contributed by atoms with van der Waals surface area (Å²) < 4.78 is 0. The molecule has 0 N–H and O–H groups in total. The molecular weight excluding hydrogens is 200 g/mol. The van der Waals surface area contributed by atoms with Crippen LogP contribution in [0.2, 0.25) is 0 Å². The Morgan fingerprint density at radius 2 is 1.94 bits per heavy atom. The quantitative estimate of drug-likeness (QED) is 0.761. The molecule has 0 atom stereocenters. The molecule has 0 amide bonds. The standard InChI is InChI=1S/C12H10N4/c1-16(10-5-3-2-4-6-10)12-7-8-14-11(9-13)15-12/h2-8H,1H3. The summed E-state index contributed by atoms with van der Waals surface area (Å²) in [5.41, 5.74) is 1.02. The second kappa shape index (κ2) is 4.41. The van der Waals surface area contributed by atoms with Crippen LogP contribution in [0.15, 0.2) is 42.6 Å². The number of anilines is 2. The molecule has 0 fully saturated rings. The average Bonchev–Trinajstić information content (AvgIpc) is 2.39. The molecule has 0 aliphatic rings. The fourth-order valence-corrected chi connectivity index (χ4v) is 1.37. The third-order valence-corrected chi connectivity index (χ3v) is 2.23. The van der Waals surface area contributed by atoms with Crippen molar-refractivity contribution in [3.05, 3.63) is 48.4 Å². The van der Waals surface area contributed by atoms with Crippen molar-refractivity contribution < 1.29 is 0 Å². The third kappa shape index (κ3) is 1.98. The molecule has 0 unspecified atom stereocenters. The van der Waals surface area contributed by atoms with Gasteiger partial charge in [-0.2, -0.15) is 5.26 Å². The molecule has 1 aromatic carbocycles. The number of nitriles is 1. The van der Waals surface area contributed by atoms with Gasteiger partial charge in [0.05, 0.1) is 0 Å². The van der Waals surface area contributed by atoms with Gasteiger partial charge < -0.3 is 4.90 Å². The highest BCUT2D eigenvalue weighted by Gasteiger charge is 2.05. The van der Waals surface area contributed by atoms with Crippen molar-refractivity contribution in [1.82, 2.24) is 9.97 Å².